The number of aryl methyl sites for hydroxylation is 1. The normalized spacial score (nSPS) is 10.5. The second-order valence-corrected chi connectivity index (χ2v) is 5.71. The van der Waals surface area contributed by atoms with Crippen LogP contribution in [0.15, 0.2) is 28.9 Å². The highest BCUT2D eigenvalue weighted by Gasteiger charge is 2.10. The average Bonchev–Trinajstić information content (AvgIpc) is 2.29. The lowest BCUT2D eigenvalue weighted by Gasteiger charge is -2.10. The highest BCUT2D eigenvalue weighted by Crippen LogP contribution is 2.36. The van der Waals surface area contributed by atoms with Crippen molar-refractivity contribution in [2.24, 2.45) is 0 Å². The molecule has 0 aliphatic rings. The molecule has 2 nitrogen and oxygen atoms in total. The van der Waals surface area contributed by atoms with E-state index in [0.29, 0.717) is 26.7 Å². The SMILES string of the molecule is Cc1cc(Br)cnc1Oc1cc(Cl)c(Cl)cc1Cl. The van der Waals surface area contributed by atoms with E-state index in [9.17, 15) is 0 Å². The molecule has 94 valence electrons. The van der Waals surface area contributed by atoms with Gasteiger partial charge in [-0.15, -0.1) is 0 Å². The molecular weight excluding hydrogens is 360 g/mol. The summed E-state index contributed by atoms with van der Waals surface area (Å²) >= 11 is 21.1. The average molecular weight is 367 g/mol. The number of aromatic nitrogens is 1. The van der Waals surface area contributed by atoms with Gasteiger partial charge in [-0.3, -0.25) is 0 Å². The van der Waals surface area contributed by atoms with Crippen molar-refractivity contribution in [3.05, 3.63) is 49.5 Å². The Morgan fingerprint density at radius 2 is 1.72 bits per heavy atom. The molecule has 0 saturated carbocycles. The number of ether oxygens (including phenoxy) is 1. The van der Waals surface area contributed by atoms with Crippen molar-refractivity contribution in [1.29, 1.82) is 0 Å². The molecule has 0 N–H and O–H groups in total. The van der Waals surface area contributed by atoms with Crippen LogP contribution in [0.5, 0.6) is 11.6 Å². The molecule has 0 bridgehead atoms. The van der Waals surface area contributed by atoms with Crippen molar-refractivity contribution in [1.82, 2.24) is 4.98 Å². The second-order valence-electron chi connectivity index (χ2n) is 3.57. The van der Waals surface area contributed by atoms with Crippen LogP contribution in [-0.2, 0) is 0 Å². The van der Waals surface area contributed by atoms with E-state index >= 15 is 0 Å². The fraction of sp³-hybridized carbons (Fsp3) is 0.0833. The minimum atomic E-state index is 0.380. The van der Waals surface area contributed by atoms with Crippen molar-refractivity contribution in [3.63, 3.8) is 0 Å². The van der Waals surface area contributed by atoms with Crippen LogP contribution >= 0.6 is 50.7 Å². The first-order chi connectivity index (χ1) is 8.47. The monoisotopic (exact) mass is 365 g/mol. The molecule has 6 heteroatoms. The molecule has 0 fully saturated rings. The summed E-state index contributed by atoms with van der Waals surface area (Å²) in [6.45, 7) is 1.89. The first-order valence-electron chi connectivity index (χ1n) is 4.92. The van der Waals surface area contributed by atoms with E-state index in [1.165, 1.54) is 6.07 Å². The first-order valence-corrected chi connectivity index (χ1v) is 6.84. The topological polar surface area (TPSA) is 22.1 Å². The maximum absolute atomic E-state index is 6.03. The van der Waals surface area contributed by atoms with Crippen molar-refractivity contribution >= 4 is 50.7 Å². The summed E-state index contributed by atoms with van der Waals surface area (Å²) in [4.78, 5) is 4.16. The van der Waals surface area contributed by atoms with Crippen LogP contribution in [-0.4, -0.2) is 4.98 Å². The fourth-order valence-electron chi connectivity index (χ4n) is 1.32. The number of hydrogen-bond donors (Lipinski definition) is 0. The zero-order valence-corrected chi connectivity index (χ0v) is 13.0. The molecule has 0 aliphatic heterocycles. The minimum Gasteiger partial charge on any atom is -0.437 e. The molecule has 1 aromatic heterocycles. The number of nitrogens with zero attached hydrogens (tertiary/aromatic N) is 1. The van der Waals surface area contributed by atoms with E-state index in [1.54, 1.807) is 12.3 Å². The number of hydrogen-bond acceptors (Lipinski definition) is 2. The predicted octanol–water partition coefficient (Wildman–Crippen LogP) is 5.91. The van der Waals surface area contributed by atoms with Gasteiger partial charge >= 0.3 is 0 Å². The van der Waals surface area contributed by atoms with Crippen molar-refractivity contribution in [3.8, 4) is 11.6 Å². The lowest BCUT2D eigenvalue weighted by Crippen LogP contribution is -1.92. The van der Waals surface area contributed by atoms with Gasteiger partial charge in [0.15, 0.2) is 0 Å². The fourth-order valence-corrected chi connectivity index (χ4v) is 2.34. The highest BCUT2D eigenvalue weighted by molar-refractivity contribution is 9.10. The zero-order chi connectivity index (χ0) is 13.3. The summed E-state index contributed by atoms with van der Waals surface area (Å²) in [6.07, 6.45) is 1.65. The Bertz CT molecular complexity index is 604. The Hall–Kier alpha value is -0.480. The van der Waals surface area contributed by atoms with Gasteiger partial charge in [0, 0.05) is 22.3 Å². The Labute approximate surface area is 128 Å². The lowest BCUT2D eigenvalue weighted by molar-refractivity contribution is 0.459. The summed E-state index contributed by atoms with van der Waals surface area (Å²) in [5, 5.41) is 1.15. The molecule has 1 heterocycles. The van der Waals surface area contributed by atoms with Crippen LogP contribution < -0.4 is 4.74 Å². The smallest absolute Gasteiger partial charge is 0.222 e. The molecule has 0 spiro atoms. The largest absolute Gasteiger partial charge is 0.437 e. The standard InChI is InChI=1S/C12H7BrCl3NO/c1-6-2-7(13)5-17-12(6)18-11-4-9(15)8(14)3-10(11)16/h2-5H,1H3. The van der Waals surface area contributed by atoms with Gasteiger partial charge in [-0.25, -0.2) is 4.98 Å². The van der Waals surface area contributed by atoms with Gasteiger partial charge in [-0.1, -0.05) is 34.8 Å². The molecule has 2 aromatic rings. The third kappa shape index (κ3) is 3.09. The Kier molecular flexibility index (Phi) is 4.38. The maximum atomic E-state index is 6.03. The molecule has 2 rings (SSSR count). The van der Waals surface area contributed by atoms with E-state index < -0.39 is 0 Å². The van der Waals surface area contributed by atoms with Crippen LogP contribution in [0.4, 0.5) is 0 Å². The molecule has 0 saturated heterocycles. The van der Waals surface area contributed by atoms with Crippen molar-refractivity contribution in [2.45, 2.75) is 6.92 Å². The van der Waals surface area contributed by atoms with Crippen LogP contribution in [0.3, 0.4) is 0 Å². The first kappa shape index (κ1) is 13.9. The van der Waals surface area contributed by atoms with Crippen LogP contribution in [0.1, 0.15) is 5.56 Å². The Balaban J connectivity index is 2.37. The lowest BCUT2D eigenvalue weighted by atomic mass is 10.3. The minimum absolute atomic E-state index is 0.380. The van der Waals surface area contributed by atoms with Gasteiger partial charge < -0.3 is 4.74 Å². The van der Waals surface area contributed by atoms with Crippen molar-refractivity contribution < 1.29 is 4.74 Å². The van der Waals surface area contributed by atoms with E-state index in [4.69, 9.17) is 39.5 Å². The van der Waals surface area contributed by atoms with E-state index in [0.717, 1.165) is 10.0 Å². The molecule has 0 amide bonds. The van der Waals surface area contributed by atoms with E-state index in [2.05, 4.69) is 20.9 Å². The summed E-state index contributed by atoms with van der Waals surface area (Å²) in [5.41, 5.74) is 0.881. The third-order valence-corrected chi connectivity index (χ3v) is 3.63. The van der Waals surface area contributed by atoms with E-state index in [-0.39, 0.29) is 0 Å². The van der Waals surface area contributed by atoms with Crippen LogP contribution in [0, 0.1) is 6.92 Å². The van der Waals surface area contributed by atoms with Gasteiger partial charge in [0.05, 0.1) is 15.1 Å². The quantitative estimate of drug-likeness (QED) is 0.616. The number of halogens is 4. The molecule has 0 radical (unpaired) electrons. The van der Waals surface area contributed by atoms with Crippen molar-refractivity contribution in [2.75, 3.05) is 0 Å². The molecule has 0 unspecified atom stereocenters. The molecular formula is C12H7BrCl3NO. The van der Waals surface area contributed by atoms with Gasteiger partial charge in [0.1, 0.15) is 5.75 Å². The third-order valence-electron chi connectivity index (χ3n) is 2.18. The maximum Gasteiger partial charge on any atom is 0.222 e. The zero-order valence-electron chi connectivity index (χ0n) is 9.18. The summed E-state index contributed by atoms with van der Waals surface area (Å²) in [7, 11) is 0. The van der Waals surface area contributed by atoms with Crippen LogP contribution in [0.2, 0.25) is 15.1 Å². The Morgan fingerprint density at radius 3 is 2.39 bits per heavy atom. The predicted molar refractivity (Wildman–Crippen MR) is 78.2 cm³/mol. The summed E-state index contributed by atoms with van der Waals surface area (Å²) in [6, 6.07) is 5.00. The summed E-state index contributed by atoms with van der Waals surface area (Å²) in [5.74, 6) is 0.891. The Morgan fingerprint density at radius 1 is 1.06 bits per heavy atom. The second kappa shape index (κ2) is 5.66. The van der Waals surface area contributed by atoms with Gasteiger partial charge in [-0.05, 0) is 35.0 Å². The highest BCUT2D eigenvalue weighted by atomic mass is 79.9. The number of benzene rings is 1. The van der Waals surface area contributed by atoms with Gasteiger partial charge in [-0.2, -0.15) is 0 Å². The molecule has 0 atom stereocenters. The van der Waals surface area contributed by atoms with Gasteiger partial charge in [0.2, 0.25) is 5.88 Å². The summed E-state index contributed by atoms with van der Waals surface area (Å²) < 4.78 is 6.51. The van der Waals surface area contributed by atoms with Crippen LogP contribution in [0.25, 0.3) is 0 Å². The molecule has 18 heavy (non-hydrogen) atoms. The molecule has 0 aliphatic carbocycles. The molecule has 1 aromatic carbocycles. The van der Waals surface area contributed by atoms with Gasteiger partial charge in [0.25, 0.3) is 0 Å². The van der Waals surface area contributed by atoms with E-state index in [1.807, 2.05) is 13.0 Å². The number of rotatable bonds is 2. The number of pyridine rings is 1.